The van der Waals surface area contributed by atoms with Crippen LogP contribution in [0.1, 0.15) is 24.4 Å². The van der Waals surface area contributed by atoms with Crippen LogP contribution in [-0.4, -0.2) is 33.6 Å². The van der Waals surface area contributed by atoms with Gasteiger partial charge in [0.15, 0.2) is 5.82 Å². The van der Waals surface area contributed by atoms with E-state index in [2.05, 4.69) is 19.9 Å². The van der Waals surface area contributed by atoms with Crippen molar-refractivity contribution in [3.05, 3.63) is 53.3 Å². The number of hydrogen-bond donors (Lipinski definition) is 3. The fourth-order valence-electron chi connectivity index (χ4n) is 4.16. The standard InChI is InChI=1S/C21H22ClN7OS/c22-16-14(5-8-26-18(16)24)31-20-19(25)28-15(11-27-20)29-9-6-21(7-10-29)17(23)12-3-1-2-4-13(12)30-21/h1-5,8,11,17H,6-7,9-10,23H2,(H2,24,26)(H2,25,28). The van der Waals surface area contributed by atoms with E-state index in [4.69, 9.17) is 33.5 Å². The minimum atomic E-state index is -0.368. The van der Waals surface area contributed by atoms with Crippen molar-refractivity contribution in [1.29, 1.82) is 0 Å². The Morgan fingerprint density at radius 1 is 1.10 bits per heavy atom. The van der Waals surface area contributed by atoms with E-state index in [1.807, 2.05) is 24.3 Å². The Kier molecular flexibility index (Phi) is 5.04. The molecule has 4 heterocycles. The topological polar surface area (TPSA) is 129 Å². The molecule has 1 unspecified atom stereocenters. The highest BCUT2D eigenvalue weighted by molar-refractivity contribution is 7.99. The molecule has 8 nitrogen and oxygen atoms in total. The molecule has 0 radical (unpaired) electrons. The second-order valence-corrected chi connectivity index (χ2v) is 9.11. The molecule has 2 aliphatic rings. The second kappa shape index (κ2) is 7.74. The van der Waals surface area contributed by atoms with Crippen LogP contribution >= 0.6 is 23.4 Å². The lowest BCUT2D eigenvalue weighted by Gasteiger charge is -2.41. The third kappa shape index (κ3) is 3.52. The van der Waals surface area contributed by atoms with Crippen LogP contribution in [0.3, 0.4) is 0 Å². The first-order valence-corrected chi connectivity index (χ1v) is 11.2. The lowest BCUT2D eigenvalue weighted by Crippen LogP contribution is -2.51. The molecule has 2 aliphatic heterocycles. The van der Waals surface area contributed by atoms with Crippen LogP contribution in [0.4, 0.5) is 17.5 Å². The van der Waals surface area contributed by atoms with Crippen molar-refractivity contribution >= 4 is 40.8 Å². The van der Waals surface area contributed by atoms with E-state index >= 15 is 0 Å². The van der Waals surface area contributed by atoms with E-state index in [-0.39, 0.29) is 17.5 Å². The summed E-state index contributed by atoms with van der Waals surface area (Å²) in [5.41, 5.74) is 19.2. The molecule has 0 aliphatic carbocycles. The summed E-state index contributed by atoms with van der Waals surface area (Å²) in [5.74, 6) is 2.24. The zero-order valence-electron chi connectivity index (χ0n) is 16.7. The van der Waals surface area contributed by atoms with Crippen molar-refractivity contribution in [1.82, 2.24) is 15.0 Å². The third-order valence-electron chi connectivity index (χ3n) is 5.91. The number of nitrogen functional groups attached to an aromatic ring is 2. The molecule has 1 atom stereocenters. The van der Waals surface area contributed by atoms with Gasteiger partial charge in [-0.2, -0.15) is 0 Å². The number of rotatable bonds is 3. The monoisotopic (exact) mass is 455 g/mol. The number of para-hydroxylation sites is 1. The van der Waals surface area contributed by atoms with E-state index in [0.29, 0.717) is 15.9 Å². The number of fused-ring (bicyclic) bond motifs is 1. The molecule has 0 amide bonds. The molecule has 5 rings (SSSR count). The van der Waals surface area contributed by atoms with Crippen molar-refractivity contribution in [2.24, 2.45) is 5.73 Å². The number of halogens is 1. The lowest BCUT2D eigenvalue weighted by molar-refractivity contribution is 0.0431. The Labute approximate surface area is 189 Å². The minimum Gasteiger partial charge on any atom is -0.485 e. The van der Waals surface area contributed by atoms with Gasteiger partial charge in [0.2, 0.25) is 0 Å². The molecule has 1 spiro atoms. The lowest BCUT2D eigenvalue weighted by atomic mass is 9.83. The molecule has 1 fully saturated rings. The molecular formula is C21H22ClN7OS. The number of ether oxygens (including phenoxy) is 1. The highest BCUT2D eigenvalue weighted by Crippen LogP contribution is 2.47. The van der Waals surface area contributed by atoms with Gasteiger partial charge in [0, 0.05) is 42.6 Å². The zero-order valence-corrected chi connectivity index (χ0v) is 18.2. The molecule has 2 aromatic heterocycles. The number of nitrogens with zero attached hydrogens (tertiary/aromatic N) is 4. The average Bonchev–Trinajstić information content (AvgIpc) is 3.05. The molecule has 10 heteroatoms. The van der Waals surface area contributed by atoms with E-state index in [9.17, 15) is 0 Å². The van der Waals surface area contributed by atoms with Crippen LogP contribution in [0, 0.1) is 0 Å². The van der Waals surface area contributed by atoms with Crippen molar-refractivity contribution in [2.45, 2.75) is 34.4 Å². The largest absolute Gasteiger partial charge is 0.485 e. The van der Waals surface area contributed by atoms with E-state index in [1.165, 1.54) is 11.8 Å². The van der Waals surface area contributed by atoms with Gasteiger partial charge in [-0.3, -0.25) is 0 Å². The van der Waals surface area contributed by atoms with Crippen LogP contribution in [-0.2, 0) is 0 Å². The maximum atomic E-state index is 6.56. The highest BCUT2D eigenvalue weighted by atomic mass is 35.5. The number of benzene rings is 1. The van der Waals surface area contributed by atoms with Crippen LogP contribution in [0.15, 0.2) is 52.6 Å². The Morgan fingerprint density at radius 2 is 1.87 bits per heavy atom. The van der Waals surface area contributed by atoms with Crippen LogP contribution in [0.5, 0.6) is 5.75 Å². The summed E-state index contributed by atoms with van der Waals surface area (Å²) in [6.07, 6.45) is 4.93. The first-order chi connectivity index (χ1) is 15.0. The number of pyridine rings is 1. The number of hydrogen-bond acceptors (Lipinski definition) is 9. The molecule has 1 aromatic carbocycles. The van der Waals surface area contributed by atoms with Gasteiger partial charge in [0.1, 0.15) is 28.0 Å². The maximum Gasteiger partial charge on any atom is 0.158 e. The van der Waals surface area contributed by atoms with Gasteiger partial charge >= 0.3 is 0 Å². The Hall–Kier alpha value is -2.75. The smallest absolute Gasteiger partial charge is 0.158 e. The van der Waals surface area contributed by atoms with Gasteiger partial charge in [-0.05, 0) is 12.1 Å². The number of aromatic nitrogens is 3. The normalized spacial score (nSPS) is 19.3. The average molecular weight is 456 g/mol. The molecule has 1 saturated heterocycles. The fraction of sp³-hybridized carbons (Fsp3) is 0.286. The van der Waals surface area contributed by atoms with Crippen LogP contribution in [0.2, 0.25) is 5.02 Å². The SMILES string of the molecule is Nc1nc(N2CCC3(CC2)Oc2ccccc2C3N)cnc1Sc1ccnc(N)c1Cl. The quantitative estimate of drug-likeness (QED) is 0.544. The van der Waals surface area contributed by atoms with E-state index in [0.717, 1.165) is 48.0 Å². The molecule has 0 bridgehead atoms. The van der Waals surface area contributed by atoms with E-state index in [1.54, 1.807) is 18.5 Å². The predicted molar refractivity (Wildman–Crippen MR) is 122 cm³/mol. The molecule has 0 saturated carbocycles. The van der Waals surface area contributed by atoms with Crippen molar-refractivity contribution in [3.8, 4) is 5.75 Å². The Bertz CT molecular complexity index is 1140. The molecule has 3 aromatic rings. The van der Waals surface area contributed by atoms with Crippen molar-refractivity contribution < 1.29 is 4.74 Å². The number of piperidine rings is 1. The summed E-state index contributed by atoms with van der Waals surface area (Å²) in [5, 5.41) is 0.953. The molecular weight excluding hydrogens is 434 g/mol. The summed E-state index contributed by atoms with van der Waals surface area (Å²) < 4.78 is 6.32. The summed E-state index contributed by atoms with van der Waals surface area (Å²) in [7, 11) is 0. The van der Waals surface area contributed by atoms with Gasteiger partial charge in [-0.25, -0.2) is 15.0 Å². The summed E-state index contributed by atoms with van der Waals surface area (Å²) in [6, 6.07) is 9.66. The first kappa shape index (κ1) is 20.2. The summed E-state index contributed by atoms with van der Waals surface area (Å²) in [4.78, 5) is 16.0. The molecule has 160 valence electrons. The van der Waals surface area contributed by atoms with Gasteiger partial charge in [0.25, 0.3) is 0 Å². The van der Waals surface area contributed by atoms with Gasteiger partial charge in [-0.1, -0.05) is 41.6 Å². The Morgan fingerprint density at radius 3 is 2.61 bits per heavy atom. The highest BCUT2D eigenvalue weighted by Gasteiger charge is 2.48. The summed E-state index contributed by atoms with van der Waals surface area (Å²) in [6.45, 7) is 1.52. The van der Waals surface area contributed by atoms with Crippen LogP contribution in [0.25, 0.3) is 0 Å². The van der Waals surface area contributed by atoms with Gasteiger partial charge in [-0.15, -0.1) is 0 Å². The second-order valence-electron chi connectivity index (χ2n) is 7.70. The first-order valence-electron chi connectivity index (χ1n) is 9.96. The van der Waals surface area contributed by atoms with Gasteiger partial charge in [0.05, 0.1) is 17.3 Å². The van der Waals surface area contributed by atoms with Crippen molar-refractivity contribution in [2.75, 3.05) is 29.5 Å². The predicted octanol–water partition coefficient (Wildman–Crippen LogP) is 3.27. The molecule has 31 heavy (non-hydrogen) atoms. The zero-order chi connectivity index (χ0) is 21.6. The Balaban J connectivity index is 1.29. The number of anilines is 3. The maximum absolute atomic E-state index is 6.56. The fourth-order valence-corrected chi connectivity index (χ4v) is 5.18. The number of nitrogens with two attached hydrogens (primary N) is 3. The summed E-state index contributed by atoms with van der Waals surface area (Å²) >= 11 is 7.54. The van der Waals surface area contributed by atoms with Crippen LogP contribution < -0.4 is 26.8 Å². The van der Waals surface area contributed by atoms with E-state index < -0.39 is 0 Å². The third-order valence-corrected chi connectivity index (χ3v) is 7.48. The van der Waals surface area contributed by atoms with Gasteiger partial charge < -0.3 is 26.8 Å². The minimum absolute atomic E-state index is 0.127. The van der Waals surface area contributed by atoms with Crippen molar-refractivity contribution in [3.63, 3.8) is 0 Å². The molecule has 6 N–H and O–H groups in total.